The van der Waals surface area contributed by atoms with E-state index in [2.05, 4.69) is 0 Å². The summed E-state index contributed by atoms with van der Waals surface area (Å²) in [7, 11) is 0. The van der Waals surface area contributed by atoms with Crippen molar-refractivity contribution in [3.05, 3.63) is 11.5 Å². The topological polar surface area (TPSA) is 59.3 Å². The summed E-state index contributed by atoms with van der Waals surface area (Å²) in [6.45, 7) is 5.52. The quantitative estimate of drug-likeness (QED) is 0.608. The Bertz CT molecular complexity index is 403. The van der Waals surface area contributed by atoms with Crippen molar-refractivity contribution in [1.82, 2.24) is 0 Å². The van der Waals surface area contributed by atoms with Gasteiger partial charge in [-0.15, -0.1) is 0 Å². The zero-order valence-electron chi connectivity index (χ0n) is 9.09. The number of carbonyl (C=O) groups is 1. The Balaban J connectivity index is 2.31. The maximum Gasteiger partial charge on any atom is 0.339 e. The third kappa shape index (κ3) is 1.58. The summed E-state index contributed by atoms with van der Waals surface area (Å²) < 4.78 is 10.6. The number of hydrogen-bond donors (Lipinski definition) is 0. The third-order valence-electron chi connectivity index (χ3n) is 2.60. The first-order valence-electron chi connectivity index (χ1n) is 4.91. The van der Waals surface area contributed by atoms with E-state index in [0.717, 1.165) is 0 Å². The summed E-state index contributed by atoms with van der Waals surface area (Å²) in [6.07, 6.45) is 1.09. The standard InChI is InChI=1S/C11H13NO3/c1-10(2)4-7(13)9-8(5-10)14-11(3,6-12)15-9/h4-5H2,1-3H3. The fourth-order valence-corrected chi connectivity index (χ4v) is 1.94. The molecule has 1 aliphatic heterocycles. The molecule has 0 N–H and O–H groups in total. The van der Waals surface area contributed by atoms with Crippen molar-refractivity contribution in [3.8, 4) is 6.07 Å². The number of nitriles is 1. The Kier molecular flexibility index (Phi) is 1.84. The average molecular weight is 207 g/mol. The number of Topliss-reactive ketones (excluding diaryl/α,β-unsaturated/α-hetero) is 1. The Morgan fingerprint density at radius 3 is 2.53 bits per heavy atom. The third-order valence-corrected chi connectivity index (χ3v) is 2.60. The number of hydrogen-bond acceptors (Lipinski definition) is 4. The first kappa shape index (κ1) is 10.0. The molecule has 1 aliphatic carbocycles. The highest BCUT2D eigenvalue weighted by Gasteiger charge is 2.46. The second-order valence-corrected chi connectivity index (χ2v) is 4.95. The zero-order valence-corrected chi connectivity index (χ0v) is 9.09. The van der Waals surface area contributed by atoms with E-state index in [1.54, 1.807) is 0 Å². The van der Waals surface area contributed by atoms with Gasteiger partial charge in [0.05, 0.1) is 0 Å². The van der Waals surface area contributed by atoms with Crippen molar-refractivity contribution < 1.29 is 14.3 Å². The lowest BCUT2D eigenvalue weighted by atomic mass is 9.79. The zero-order chi connectivity index (χ0) is 11.3. The molecule has 0 spiro atoms. The van der Waals surface area contributed by atoms with Crippen LogP contribution in [0.4, 0.5) is 0 Å². The summed E-state index contributed by atoms with van der Waals surface area (Å²) in [5.74, 6) is -0.611. The molecule has 0 aromatic heterocycles. The van der Waals surface area contributed by atoms with Crippen molar-refractivity contribution in [1.29, 1.82) is 5.26 Å². The Hall–Kier alpha value is -1.50. The van der Waals surface area contributed by atoms with Crippen LogP contribution >= 0.6 is 0 Å². The molecule has 0 bridgehead atoms. The molecule has 1 heterocycles. The molecule has 0 fully saturated rings. The molecule has 0 saturated heterocycles. The van der Waals surface area contributed by atoms with Gasteiger partial charge in [0.15, 0.2) is 6.07 Å². The SMILES string of the molecule is CC1(C)CC(=O)C2=C(C1)OC(C)(C#N)O2. The number of nitrogens with zero attached hydrogens (tertiary/aromatic N) is 1. The van der Waals surface area contributed by atoms with E-state index in [0.29, 0.717) is 18.6 Å². The number of rotatable bonds is 0. The Morgan fingerprint density at radius 2 is 1.93 bits per heavy atom. The molecule has 0 radical (unpaired) electrons. The van der Waals surface area contributed by atoms with Crippen LogP contribution < -0.4 is 0 Å². The Morgan fingerprint density at radius 1 is 1.27 bits per heavy atom. The van der Waals surface area contributed by atoms with E-state index in [9.17, 15) is 4.79 Å². The molecule has 2 aliphatic rings. The van der Waals surface area contributed by atoms with Gasteiger partial charge in [-0.05, 0) is 5.41 Å². The summed E-state index contributed by atoms with van der Waals surface area (Å²) in [5, 5.41) is 8.85. The van der Waals surface area contributed by atoms with Crippen LogP contribution in [-0.2, 0) is 14.3 Å². The second kappa shape index (κ2) is 2.75. The summed E-state index contributed by atoms with van der Waals surface area (Å²) in [5.41, 5.74) is -0.111. The smallest absolute Gasteiger partial charge is 0.339 e. The number of allylic oxidation sites excluding steroid dienone is 2. The van der Waals surface area contributed by atoms with E-state index >= 15 is 0 Å². The normalized spacial score (nSPS) is 32.8. The van der Waals surface area contributed by atoms with Crippen LogP contribution in [0.3, 0.4) is 0 Å². The maximum atomic E-state index is 11.7. The van der Waals surface area contributed by atoms with Gasteiger partial charge in [0.1, 0.15) is 5.76 Å². The first-order valence-corrected chi connectivity index (χ1v) is 4.91. The maximum absolute atomic E-state index is 11.7. The van der Waals surface area contributed by atoms with Crippen LogP contribution in [0, 0.1) is 16.7 Å². The molecule has 4 nitrogen and oxygen atoms in total. The highest BCUT2D eigenvalue weighted by Crippen LogP contribution is 2.44. The predicted octanol–water partition coefficient (Wildman–Crippen LogP) is 1.87. The number of ether oxygens (including phenoxy) is 2. The minimum Gasteiger partial charge on any atom is -0.441 e. The molecule has 1 unspecified atom stereocenters. The van der Waals surface area contributed by atoms with Crippen LogP contribution in [0.1, 0.15) is 33.6 Å². The van der Waals surface area contributed by atoms with Gasteiger partial charge in [-0.3, -0.25) is 4.79 Å². The summed E-state index contributed by atoms with van der Waals surface area (Å²) >= 11 is 0. The molecule has 0 aromatic rings. The van der Waals surface area contributed by atoms with E-state index in [4.69, 9.17) is 14.7 Å². The van der Waals surface area contributed by atoms with Crippen LogP contribution in [0.5, 0.6) is 0 Å². The van der Waals surface area contributed by atoms with Crippen LogP contribution in [0.15, 0.2) is 11.5 Å². The molecule has 0 amide bonds. The highest BCUT2D eigenvalue weighted by atomic mass is 16.7. The monoisotopic (exact) mass is 207 g/mol. The van der Waals surface area contributed by atoms with Crippen molar-refractivity contribution in [2.75, 3.05) is 0 Å². The molecular formula is C11H13NO3. The van der Waals surface area contributed by atoms with E-state index in [-0.39, 0.29) is 17.0 Å². The Labute approximate surface area is 88.5 Å². The van der Waals surface area contributed by atoms with E-state index < -0.39 is 5.79 Å². The van der Waals surface area contributed by atoms with Crippen LogP contribution in [0.2, 0.25) is 0 Å². The van der Waals surface area contributed by atoms with Crippen LogP contribution in [-0.4, -0.2) is 11.6 Å². The largest absolute Gasteiger partial charge is 0.441 e. The lowest BCUT2D eigenvalue weighted by molar-refractivity contribution is -0.126. The van der Waals surface area contributed by atoms with E-state index in [1.807, 2.05) is 19.9 Å². The predicted molar refractivity (Wildman–Crippen MR) is 51.2 cm³/mol. The molecule has 0 aromatic carbocycles. The van der Waals surface area contributed by atoms with Crippen molar-refractivity contribution >= 4 is 5.78 Å². The molecule has 80 valence electrons. The van der Waals surface area contributed by atoms with Crippen molar-refractivity contribution in [2.24, 2.45) is 5.41 Å². The van der Waals surface area contributed by atoms with Gasteiger partial charge in [0, 0.05) is 19.8 Å². The molecule has 15 heavy (non-hydrogen) atoms. The minimum absolute atomic E-state index is 0.0692. The van der Waals surface area contributed by atoms with Crippen molar-refractivity contribution in [3.63, 3.8) is 0 Å². The van der Waals surface area contributed by atoms with Crippen molar-refractivity contribution in [2.45, 2.75) is 39.4 Å². The average Bonchev–Trinajstić information content (AvgIpc) is 2.41. The molecule has 2 rings (SSSR count). The molecule has 4 heteroatoms. The van der Waals surface area contributed by atoms with Gasteiger partial charge < -0.3 is 9.47 Å². The first-order chi connectivity index (χ1) is 6.85. The van der Waals surface area contributed by atoms with Gasteiger partial charge in [-0.25, -0.2) is 0 Å². The molecule has 1 atom stereocenters. The highest BCUT2D eigenvalue weighted by molar-refractivity contribution is 5.95. The summed E-state index contributed by atoms with van der Waals surface area (Å²) in [4.78, 5) is 11.7. The van der Waals surface area contributed by atoms with Gasteiger partial charge >= 0.3 is 5.79 Å². The molecule has 0 saturated carbocycles. The summed E-state index contributed by atoms with van der Waals surface area (Å²) in [6, 6.07) is 1.91. The van der Waals surface area contributed by atoms with Crippen LogP contribution in [0.25, 0.3) is 0 Å². The van der Waals surface area contributed by atoms with Gasteiger partial charge in [0.25, 0.3) is 0 Å². The fraction of sp³-hybridized carbons (Fsp3) is 0.636. The second-order valence-electron chi connectivity index (χ2n) is 4.95. The number of ketones is 1. The molecular weight excluding hydrogens is 194 g/mol. The van der Waals surface area contributed by atoms with Gasteiger partial charge in [0.2, 0.25) is 11.5 Å². The van der Waals surface area contributed by atoms with Gasteiger partial charge in [-0.2, -0.15) is 5.26 Å². The fourth-order valence-electron chi connectivity index (χ4n) is 1.94. The van der Waals surface area contributed by atoms with E-state index in [1.165, 1.54) is 6.92 Å². The lowest BCUT2D eigenvalue weighted by Crippen LogP contribution is -2.25. The minimum atomic E-state index is -1.32. The lowest BCUT2D eigenvalue weighted by Gasteiger charge is -2.26. The van der Waals surface area contributed by atoms with Gasteiger partial charge in [-0.1, -0.05) is 13.8 Å². The number of carbonyl (C=O) groups excluding carboxylic acids is 1.